The molecule has 0 heterocycles. The molecule has 0 saturated heterocycles. The maximum atomic E-state index is 12.8. The Bertz CT molecular complexity index is 815. The van der Waals surface area contributed by atoms with Crippen molar-refractivity contribution in [1.29, 1.82) is 0 Å². The van der Waals surface area contributed by atoms with Gasteiger partial charge in [-0.1, -0.05) is 48.2 Å². The van der Waals surface area contributed by atoms with Gasteiger partial charge in [0.15, 0.2) is 0 Å². The summed E-state index contributed by atoms with van der Waals surface area (Å²) in [6.07, 6.45) is 2.61. The molecular weight excluding hydrogens is 322 g/mol. The smallest absolute Gasteiger partial charge is 0.227 e. The molecule has 1 aliphatic carbocycles. The zero-order chi connectivity index (χ0) is 18.4. The van der Waals surface area contributed by atoms with Crippen LogP contribution in [0.15, 0.2) is 67.3 Å². The lowest BCUT2D eigenvalue weighted by molar-refractivity contribution is -0.132. The van der Waals surface area contributed by atoms with Gasteiger partial charge in [0.2, 0.25) is 5.91 Å². The van der Waals surface area contributed by atoms with Gasteiger partial charge in [0.05, 0.1) is 13.0 Å². The Labute approximate surface area is 155 Å². The van der Waals surface area contributed by atoms with Crippen LogP contribution in [0.5, 0.6) is 5.75 Å². The van der Waals surface area contributed by atoms with E-state index in [0.29, 0.717) is 13.1 Å². The van der Waals surface area contributed by atoms with Gasteiger partial charge in [0, 0.05) is 24.6 Å². The van der Waals surface area contributed by atoms with Crippen molar-refractivity contribution in [3.63, 3.8) is 0 Å². The number of amides is 1. The minimum atomic E-state index is 0.00408. The summed E-state index contributed by atoms with van der Waals surface area (Å²) in [4.78, 5) is 14.7. The van der Waals surface area contributed by atoms with Gasteiger partial charge >= 0.3 is 0 Å². The maximum Gasteiger partial charge on any atom is 0.227 e. The number of benzene rings is 2. The minimum Gasteiger partial charge on any atom is -0.497 e. The van der Waals surface area contributed by atoms with E-state index < -0.39 is 0 Å². The highest BCUT2D eigenvalue weighted by atomic mass is 16.5. The van der Waals surface area contributed by atoms with E-state index in [1.807, 2.05) is 59.5 Å². The van der Waals surface area contributed by atoms with Crippen molar-refractivity contribution in [3.05, 3.63) is 78.4 Å². The number of hydrogen-bond acceptors (Lipinski definition) is 2. The van der Waals surface area contributed by atoms with Crippen molar-refractivity contribution in [2.24, 2.45) is 11.8 Å². The van der Waals surface area contributed by atoms with E-state index in [0.717, 1.165) is 23.3 Å². The van der Waals surface area contributed by atoms with Crippen molar-refractivity contribution in [3.8, 4) is 17.6 Å². The number of ether oxygens (including phenoxy) is 1. The fourth-order valence-corrected chi connectivity index (χ4v) is 2.90. The molecule has 3 nitrogen and oxygen atoms in total. The first-order valence-electron chi connectivity index (χ1n) is 8.80. The summed E-state index contributed by atoms with van der Waals surface area (Å²) in [6, 6.07) is 17.7. The zero-order valence-electron chi connectivity index (χ0n) is 15.0. The van der Waals surface area contributed by atoms with Gasteiger partial charge in [-0.15, -0.1) is 6.58 Å². The summed E-state index contributed by atoms with van der Waals surface area (Å²) < 4.78 is 5.18. The summed E-state index contributed by atoms with van der Waals surface area (Å²) >= 11 is 0. The van der Waals surface area contributed by atoms with E-state index in [4.69, 9.17) is 4.74 Å². The van der Waals surface area contributed by atoms with Crippen LogP contribution in [0.1, 0.15) is 17.5 Å². The number of carbonyl (C=O) groups excluding carboxylic acids is 1. The third-order valence-electron chi connectivity index (χ3n) is 4.48. The Morgan fingerprint density at radius 3 is 2.62 bits per heavy atom. The van der Waals surface area contributed by atoms with Crippen LogP contribution in [0.3, 0.4) is 0 Å². The molecule has 0 aromatic heterocycles. The third kappa shape index (κ3) is 4.55. The summed E-state index contributed by atoms with van der Waals surface area (Å²) in [7, 11) is 1.65. The van der Waals surface area contributed by atoms with E-state index >= 15 is 0 Å². The van der Waals surface area contributed by atoms with Gasteiger partial charge in [-0.3, -0.25) is 4.79 Å². The molecule has 1 amide bonds. The molecule has 0 aliphatic heterocycles. The highest BCUT2D eigenvalue weighted by molar-refractivity contribution is 5.82. The number of nitrogens with zero attached hydrogens (tertiary/aromatic N) is 1. The number of rotatable bonds is 6. The van der Waals surface area contributed by atoms with Crippen molar-refractivity contribution in [1.82, 2.24) is 4.90 Å². The average Bonchev–Trinajstić information content (AvgIpc) is 3.46. The van der Waals surface area contributed by atoms with E-state index in [1.165, 1.54) is 0 Å². The van der Waals surface area contributed by atoms with Crippen LogP contribution in [-0.4, -0.2) is 24.5 Å². The second-order valence-corrected chi connectivity index (χ2v) is 6.44. The van der Waals surface area contributed by atoms with Crippen molar-refractivity contribution < 1.29 is 9.53 Å². The first-order valence-corrected chi connectivity index (χ1v) is 8.80. The lowest BCUT2D eigenvalue weighted by atomic mass is 10.1. The second-order valence-electron chi connectivity index (χ2n) is 6.44. The predicted molar refractivity (Wildman–Crippen MR) is 104 cm³/mol. The molecule has 1 saturated carbocycles. The van der Waals surface area contributed by atoms with Crippen LogP contribution in [0.4, 0.5) is 0 Å². The highest BCUT2D eigenvalue weighted by Gasteiger charge is 2.43. The molecule has 2 aromatic carbocycles. The predicted octanol–water partition coefficient (Wildman–Crippen LogP) is 3.90. The second kappa shape index (κ2) is 8.40. The lowest BCUT2D eigenvalue weighted by Crippen LogP contribution is -2.32. The van der Waals surface area contributed by atoms with Gasteiger partial charge in [-0.25, -0.2) is 0 Å². The Balaban J connectivity index is 1.62. The van der Waals surface area contributed by atoms with Crippen molar-refractivity contribution in [2.75, 3.05) is 13.7 Å². The molecule has 132 valence electrons. The monoisotopic (exact) mass is 345 g/mol. The van der Waals surface area contributed by atoms with E-state index in [9.17, 15) is 4.79 Å². The van der Waals surface area contributed by atoms with Crippen LogP contribution < -0.4 is 4.74 Å². The topological polar surface area (TPSA) is 29.5 Å². The van der Waals surface area contributed by atoms with Crippen LogP contribution in [-0.2, 0) is 11.3 Å². The molecule has 0 unspecified atom stereocenters. The molecule has 0 N–H and O–H groups in total. The summed E-state index contributed by atoms with van der Waals surface area (Å²) in [5.74, 6) is 7.55. The Morgan fingerprint density at radius 1 is 1.23 bits per heavy atom. The standard InChI is InChI=1S/C23H23NO2/c1-3-15-24(17-19-10-13-21(26-2)14-11-19)23(25)22-16-20(22)12-9-18-7-5-4-6-8-18/h3-8,10-11,13-14,20,22H,1,15-17H2,2H3/t20-,22+/m0/s1. The highest BCUT2D eigenvalue weighted by Crippen LogP contribution is 2.39. The largest absolute Gasteiger partial charge is 0.497 e. The number of carbonyl (C=O) groups is 1. The van der Waals surface area contributed by atoms with E-state index in [1.54, 1.807) is 13.2 Å². The molecule has 1 aliphatic rings. The van der Waals surface area contributed by atoms with Crippen molar-refractivity contribution >= 4 is 5.91 Å². The Hall–Kier alpha value is -2.99. The van der Waals surface area contributed by atoms with Crippen LogP contribution >= 0.6 is 0 Å². The van der Waals surface area contributed by atoms with E-state index in [2.05, 4.69) is 18.4 Å². The molecule has 26 heavy (non-hydrogen) atoms. The molecule has 0 spiro atoms. The van der Waals surface area contributed by atoms with Crippen molar-refractivity contribution in [2.45, 2.75) is 13.0 Å². The lowest BCUT2D eigenvalue weighted by Gasteiger charge is -2.21. The minimum absolute atomic E-state index is 0.00408. The summed E-state index contributed by atoms with van der Waals surface area (Å²) in [6.45, 7) is 4.90. The van der Waals surface area contributed by atoms with Crippen LogP contribution in [0.25, 0.3) is 0 Å². The summed E-state index contributed by atoms with van der Waals surface area (Å²) in [5, 5.41) is 0. The molecule has 3 heteroatoms. The molecular formula is C23H23NO2. The SMILES string of the molecule is C=CCN(Cc1ccc(OC)cc1)C(=O)[C@@H]1C[C@@H]1C#Cc1ccccc1. The molecule has 0 radical (unpaired) electrons. The molecule has 0 bridgehead atoms. The first-order chi connectivity index (χ1) is 12.7. The molecule has 1 fully saturated rings. The fraction of sp³-hybridized carbons (Fsp3) is 0.261. The zero-order valence-corrected chi connectivity index (χ0v) is 15.0. The Morgan fingerprint density at radius 2 is 1.96 bits per heavy atom. The quantitative estimate of drug-likeness (QED) is 0.587. The normalized spacial score (nSPS) is 17.6. The maximum absolute atomic E-state index is 12.8. The molecule has 3 rings (SSSR count). The number of hydrogen-bond donors (Lipinski definition) is 0. The van der Waals surface area contributed by atoms with Gasteiger partial charge in [-0.05, 0) is 36.2 Å². The third-order valence-corrected chi connectivity index (χ3v) is 4.48. The van der Waals surface area contributed by atoms with Gasteiger partial charge < -0.3 is 9.64 Å². The van der Waals surface area contributed by atoms with Gasteiger partial charge in [-0.2, -0.15) is 0 Å². The average molecular weight is 345 g/mol. The fourth-order valence-electron chi connectivity index (χ4n) is 2.90. The molecule has 2 aromatic rings. The molecule has 2 atom stereocenters. The first kappa shape index (κ1) is 17.8. The number of methoxy groups -OCH3 is 1. The Kier molecular flexibility index (Phi) is 5.76. The van der Waals surface area contributed by atoms with Crippen LogP contribution in [0.2, 0.25) is 0 Å². The van der Waals surface area contributed by atoms with Crippen LogP contribution in [0, 0.1) is 23.7 Å². The van der Waals surface area contributed by atoms with E-state index in [-0.39, 0.29) is 17.7 Å². The van der Waals surface area contributed by atoms with Gasteiger partial charge in [0.25, 0.3) is 0 Å². The summed E-state index contributed by atoms with van der Waals surface area (Å²) in [5.41, 5.74) is 2.07. The van der Waals surface area contributed by atoms with Gasteiger partial charge in [0.1, 0.15) is 5.75 Å².